The summed E-state index contributed by atoms with van der Waals surface area (Å²) in [5, 5.41) is 10.4. The Morgan fingerprint density at radius 3 is 2.07 bits per heavy atom. The van der Waals surface area contributed by atoms with E-state index in [4.69, 9.17) is 9.47 Å². The number of nitrogens with zero attached hydrogens (tertiary/aromatic N) is 2. The van der Waals surface area contributed by atoms with Gasteiger partial charge in [0.2, 0.25) is 0 Å². The lowest BCUT2D eigenvalue weighted by atomic mass is 10.0. The van der Waals surface area contributed by atoms with E-state index in [1.165, 1.54) is 11.3 Å². The Bertz CT molecular complexity index is 708. The average Bonchev–Trinajstić information content (AvgIpc) is 2.73. The van der Waals surface area contributed by atoms with Gasteiger partial charge in [-0.1, -0.05) is 26.0 Å². The van der Waals surface area contributed by atoms with Gasteiger partial charge in [-0.05, 0) is 47.9 Å². The lowest BCUT2D eigenvalue weighted by Crippen LogP contribution is -2.49. The van der Waals surface area contributed by atoms with Gasteiger partial charge in [0.25, 0.3) is 0 Å². The second-order valence-corrected chi connectivity index (χ2v) is 7.67. The van der Waals surface area contributed by atoms with Gasteiger partial charge >= 0.3 is 0 Å². The number of piperazine rings is 1. The van der Waals surface area contributed by atoms with E-state index in [1.807, 2.05) is 24.3 Å². The molecule has 1 heterocycles. The van der Waals surface area contributed by atoms with Gasteiger partial charge in [-0.2, -0.15) is 0 Å². The maximum atomic E-state index is 10.4. The fraction of sp³-hybridized carbons (Fsp3) is 0.478. The van der Waals surface area contributed by atoms with Gasteiger partial charge in [0, 0.05) is 38.4 Å². The first-order valence-corrected chi connectivity index (χ1v) is 10.1. The van der Waals surface area contributed by atoms with Crippen LogP contribution in [0.5, 0.6) is 11.5 Å². The maximum Gasteiger partial charge on any atom is 0.119 e. The second kappa shape index (κ2) is 9.80. The molecule has 28 heavy (non-hydrogen) atoms. The smallest absolute Gasteiger partial charge is 0.119 e. The third-order valence-electron chi connectivity index (χ3n) is 5.27. The van der Waals surface area contributed by atoms with Crippen LogP contribution in [0.25, 0.3) is 0 Å². The van der Waals surface area contributed by atoms with Crippen LogP contribution in [0.1, 0.15) is 25.3 Å². The highest BCUT2D eigenvalue weighted by Gasteiger charge is 2.20. The standard InChI is InChI=1S/C23H32N2O3/c1-18(2)19-4-8-23(9-5-19)28-17-21(26)16-24-12-14-25(15-13-24)20-6-10-22(27-3)11-7-20/h4-11,18,21,26H,12-17H2,1-3H3/t21-/m1/s1. The minimum Gasteiger partial charge on any atom is -0.497 e. The highest BCUT2D eigenvalue weighted by atomic mass is 16.5. The first-order valence-electron chi connectivity index (χ1n) is 10.1. The number of ether oxygens (including phenoxy) is 2. The van der Waals surface area contributed by atoms with Crippen LogP contribution in [0.4, 0.5) is 5.69 Å². The summed E-state index contributed by atoms with van der Waals surface area (Å²) in [6, 6.07) is 16.3. The quantitative estimate of drug-likeness (QED) is 0.756. The third kappa shape index (κ3) is 5.63. The lowest BCUT2D eigenvalue weighted by molar-refractivity contribution is 0.0663. The van der Waals surface area contributed by atoms with E-state index >= 15 is 0 Å². The van der Waals surface area contributed by atoms with E-state index in [0.717, 1.165) is 37.7 Å². The molecule has 1 fully saturated rings. The lowest BCUT2D eigenvalue weighted by Gasteiger charge is -2.36. The number of aliphatic hydroxyl groups is 1. The van der Waals surface area contributed by atoms with Crippen LogP contribution in [0, 0.1) is 0 Å². The van der Waals surface area contributed by atoms with Crippen molar-refractivity contribution in [3.63, 3.8) is 0 Å². The molecular formula is C23H32N2O3. The molecule has 152 valence electrons. The van der Waals surface area contributed by atoms with Crippen LogP contribution in [-0.4, -0.2) is 62.6 Å². The highest BCUT2D eigenvalue weighted by molar-refractivity contribution is 5.49. The number of hydrogen-bond donors (Lipinski definition) is 1. The molecule has 5 nitrogen and oxygen atoms in total. The molecular weight excluding hydrogens is 352 g/mol. The van der Waals surface area contributed by atoms with Crippen LogP contribution in [0.2, 0.25) is 0 Å². The molecule has 2 aromatic rings. The Kier molecular flexibility index (Phi) is 7.18. The van der Waals surface area contributed by atoms with Crippen LogP contribution in [0.3, 0.4) is 0 Å². The molecule has 1 atom stereocenters. The molecule has 0 spiro atoms. The van der Waals surface area contributed by atoms with Gasteiger partial charge in [0.1, 0.15) is 24.2 Å². The summed E-state index contributed by atoms with van der Waals surface area (Å²) in [5.74, 6) is 2.20. The van der Waals surface area contributed by atoms with Crippen LogP contribution in [0.15, 0.2) is 48.5 Å². The van der Waals surface area contributed by atoms with Gasteiger partial charge < -0.3 is 19.5 Å². The van der Waals surface area contributed by atoms with Crippen LogP contribution < -0.4 is 14.4 Å². The van der Waals surface area contributed by atoms with E-state index < -0.39 is 6.10 Å². The summed E-state index contributed by atoms with van der Waals surface area (Å²) >= 11 is 0. The molecule has 1 N–H and O–H groups in total. The summed E-state index contributed by atoms with van der Waals surface area (Å²) < 4.78 is 11.0. The Morgan fingerprint density at radius 1 is 0.893 bits per heavy atom. The molecule has 5 heteroatoms. The molecule has 1 aliphatic heterocycles. The zero-order valence-corrected chi connectivity index (χ0v) is 17.2. The number of aliphatic hydroxyl groups excluding tert-OH is 1. The Balaban J connectivity index is 1.40. The summed E-state index contributed by atoms with van der Waals surface area (Å²) in [7, 11) is 1.68. The van der Waals surface area contributed by atoms with Crippen molar-refractivity contribution in [3.05, 3.63) is 54.1 Å². The van der Waals surface area contributed by atoms with Crippen molar-refractivity contribution >= 4 is 5.69 Å². The molecule has 0 unspecified atom stereocenters. The average molecular weight is 385 g/mol. The van der Waals surface area contributed by atoms with Crippen molar-refractivity contribution in [1.29, 1.82) is 0 Å². The summed E-state index contributed by atoms with van der Waals surface area (Å²) in [4.78, 5) is 4.67. The maximum absolute atomic E-state index is 10.4. The minimum atomic E-state index is -0.489. The topological polar surface area (TPSA) is 45.2 Å². The van der Waals surface area contributed by atoms with Crippen molar-refractivity contribution in [1.82, 2.24) is 4.90 Å². The largest absolute Gasteiger partial charge is 0.497 e. The number of hydrogen-bond acceptors (Lipinski definition) is 5. The molecule has 0 radical (unpaired) electrons. The fourth-order valence-corrected chi connectivity index (χ4v) is 3.47. The highest BCUT2D eigenvalue weighted by Crippen LogP contribution is 2.21. The Hall–Kier alpha value is -2.24. The van der Waals surface area contributed by atoms with E-state index in [0.29, 0.717) is 19.1 Å². The number of rotatable bonds is 8. The number of benzene rings is 2. The second-order valence-electron chi connectivity index (χ2n) is 7.67. The van der Waals surface area contributed by atoms with Gasteiger partial charge in [-0.15, -0.1) is 0 Å². The van der Waals surface area contributed by atoms with Gasteiger partial charge in [-0.25, -0.2) is 0 Å². The number of methoxy groups -OCH3 is 1. The van der Waals surface area contributed by atoms with E-state index in [1.54, 1.807) is 7.11 Å². The van der Waals surface area contributed by atoms with Crippen molar-refractivity contribution in [2.75, 3.05) is 51.3 Å². The van der Waals surface area contributed by atoms with Crippen molar-refractivity contribution in [2.24, 2.45) is 0 Å². The van der Waals surface area contributed by atoms with E-state index in [2.05, 4.69) is 47.9 Å². The molecule has 0 aliphatic carbocycles. The Morgan fingerprint density at radius 2 is 1.50 bits per heavy atom. The molecule has 2 aromatic carbocycles. The molecule has 0 amide bonds. The van der Waals surface area contributed by atoms with Crippen molar-refractivity contribution < 1.29 is 14.6 Å². The zero-order valence-electron chi connectivity index (χ0n) is 17.2. The first-order chi connectivity index (χ1) is 13.5. The SMILES string of the molecule is COc1ccc(N2CCN(C[C@@H](O)COc3ccc(C(C)C)cc3)CC2)cc1. The molecule has 0 saturated carbocycles. The summed E-state index contributed by atoms with van der Waals surface area (Å²) in [5.41, 5.74) is 2.51. The molecule has 3 rings (SSSR count). The number of anilines is 1. The third-order valence-corrected chi connectivity index (χ3v) is 5.27. The molecule has 0 aromatic heterocycles. The molecule has 1 aliphatic rings. The minimum absolute atomic E-state index is 0.319. The van der Waals surface area contributed by atoms with E-state index in [-0.39, 0.29) is 0 Å². The monoisotopic (exact) mass is 384 g/mol. The van der Waals surface area contributed by atoms with Gasteiger partial charge in [0.05, 0.1) is 7.11 Å². The number of β-amino-alcohol motifs (C(OH)–C–C–N with tert-alkyl or cyclic N) is 1. The van der Waals surface area contributed by atoms with Gasteiger partial charge in [0.15, 0.2) is 0 Å². The Labute approximate surface area is 168 Å². The first kappa shape index (κ1) is 20.5. The van der Waals surface area contributed by atoms with Crippen LogP contribution >= 0.6 is 0 Å². The summed E-state index contributed by atoms with van der Waals surface area (Å²) in [6.45, 7) is 9.09. The normalized spacial score (nSPS) is 16.2. The van der Waals surface area contributed by atoms with Crippen LogP contribution in [-0.2, 0) is 0 Å². The molecule has 1 saturated heterocycles. The predicted octanol–water partition coefficient (Wildman–Crippen LogP) is 3.38. The predicted molar refractivity (Wildman–Crippen MR) is 114 cm³/mol. The zero-order chi connectivity index (χ0) is 19.9. The fourth-order valence-electron chi connectivity index (χ4n) is 3.47. The van der Waals surface area contributed by atoms with Gasteiger partial charge in [-0.3, -0.25) is 4.90 Å². The van der Waals surface area contributed by atoms with Crippen molar-refractivity contribution in [2.45, 2.75) is 25.9 Å². The van der Waals surface area contributed by atoms with Crippen molar-refractivity contribution in [3.8, 4) is 11.5 Å². The molecule has 0 bridgehead atoms. The van der Waals surface area contributed by atoms with E-state index in [9.17, 15) is 5.11 Å². The summed E-state index contributed by atoms with van der Waals surface area (Å²) in [6.07, 6.45) is -0.489.